The lowest BCUT2D eigenvalue weighted by Crippen LogP contribution is -2.36. The van der Waals surface area contributed by atoms with Gasteiger partial charge in [0.15, 0.2) is 5.82 Å². The molecular formula is C23H20F2N6O. The zero-order valence-corrected chi connectivity index (χ0v) is 17.1. The number of nitrogens with zero attached hydrogens (tertiary/aromatic N) is 5. The number of ether oxygens (including phenoxy) is 1. The molecule has 0 radical (unpaired) electrons. The SMILES string of the molecule is Fc1cc(-c2nc(Nc3ccc(-n4ccnc4)cc3)ncc2F)cc(N2CCOCC2)c1. The van der Waals surface area contributed by atoms with Gasteiger partial charge in [-0.3, -0.25) is 0 Å². The summed E-state index contributed by atoms with van der Waals surface area (Å²) in [5.74, 6) is -0.856. The number of imidazole rings is 1. The summed E-state index contributed by atoms with van der Waals surface area (Å²) in [6.07, 6.45) is 6.35. The van der Waals surface area contributed by atoms with E-state index < -0.39 is 11.6 Å². The summed E-state index contributed by atoms with van der Waals surface area (Å²) in [5, 5.41) is 3.07. The van der Waals surface area contributed by atoms with Gasteiger partial charge in [0, 0.05) is 48.1 Å². The zero-order valence-electron chi connectivity index (χ0n) is 17.1. The molecule has 0 amide bonds. The standard InChI is InChI=1S/C23H20F2N6O/c24-17-11-16(12-20(13-17)30-7-9-32-10-8-30)22-21(25)14-27-23(29-22)28-18-1-3-19(4-2-18)31-6-5-26-15-31/h1-6,11-15H,7-10H2,(H,27,28,29). The number of hydrogen-bond donors (Lipinski definition) is 1. The van der Waals surface area contributed by atoms with E-state index in [4.69, 9.17) is 4.74 Å². The van der Waals surface area contributed by atoms with Gasteiger partial charge in [0.1, 0.15) is 11.5 Å². The summed E-state index contributed by atoms with van der Waals surface area (Å²) in [5.41, 5.74) is 2.74. The Morgan fingerprint density at radius 2 is 1.78 bits per heavy atom. The van der Waals surface area contributed by atoms with Crippen molar-refractivity contribution in [1.29, 1.82) is 0 Å². The van der Waals surface area contributed by atoms with E-state index in [2.05, 4.69) is 20.3 Å². The molecule has 3 heterocycles. The minimum Gasteiger partial charge on any atom is -0.378 e. The second-order valence-electron chi connectivity index (χ2n) is 7.33. The van der Waals surface area contributed by atoms with Crippen LogP contribution in [0.1, 0.15) is 0 Å². The number of hydrogen-bond acceptors (Lipinski definition) is 6. The fourth-order valence-electron chi connectivity index (χ4n) is 3.60. The third kappa shape index (κ3) is 4.28. The van der Waals surface area contributed by atoms with Gasteiger partial charge >= 0.3 is 0 Å². The first-order valence-corrected chi connectivity index (χ1v) is 10.2. The van der Waals surface area contributed by atoms with Crippen LogP contribution in [0.25, 0.3) is 16.9 Å². The highest BCUT2D eigenvalue weighted by molar-refractivity contribution is 5.68. The number of benzene rings is 2. The van der Waals surface area contributed by atoms with E-state index in [1.807, 2.05) is 39.9 Å². The van der Waals surface area contributed by atoms with Crippen LogP contribution in [0.3, 0.4) is 0 Å². The summed E-state index contributed by atoms with van der Waals surface area (Å²) in [6, 6.07) is 12.0. The van der Waals surface area contributed by atoms with E-state index in [1.54, 1.807) is 18.6 Å². The zero-order chi connectivity index (χ0) is 21.9. The molecule has 0 aliphatic carbocycles. The van der Waals surface area contributed by atoms with Crippen molar-refractivity contribution in [3.63, 3.8) is 0 Å². The van der Waals surface area contributed by atoms with Gasteiger partial charge < -0.3 is 19.5 Å². The van der Waals surface area contributed by atoms with Crippen molar-refractivity contribution >= 4 is 17.3 Å². The normalized spacial score (nSPS) is 13.9. The van der Waals surface area contributed by atoms with Crippen molar-refractivity contribution in [3.05, 3.63) is 79.0 Å². The minimum absolute atomic E-state index is 0.0338. The molecule has 1 aliphatic heterocycles. The smallest absolute Gasteiger partial charge is 0.227 e. The Labute approximate surface area is 183 Å². The lowest BCUT2D eigenvalue weighted by molar-refractivity contribution is 0.122. The van der Waals surface area contributed by atoms with Gasteiger partial charge in [-0.2, -0.15) is 0 Å². The number of morpholine rings is 1. The van der Waals surface area contributed by atoms with Crippen molar-refractivity contribution < 1.29 is 13.5 Å². The largest absolute Gasteiger partial charge is 0.378 e. The van der Waals surface area contributed by atoms with Gasteiger partial charge in [-0.1, -0.05) is 0 Å². The Kier molecular flexibility index (Phi) is 5.47. The molecule has 0 atom stereocenters. The molecule has 9 heteroatoms. The Morgan fingerprint density at radius 1 is 0.969 bits per heavy atom. The highest BCUT2D eigenvalue weighted by atomic mass is 19.1. The van der Waals surface area contributed by atoms with Gasteiger partial charge in [0.2, 0.25) is 5.95 Å². The first kappa shape index (κ1) is 20.1. The van der Waals surface area contributed by atoms with Crippen molar-refractivity contribution in [2.24, 2.45) is 0 Å². The molecule has 1 saturated heterocycles. The van der Waals surface area contributed by atoms with E-state index in [1.165, 1.54) is 12.1 Å². The fraction of sp³-hybridized carbons (Fsp3) is 0.174. The van der Waals surface area contributed by atoms with Crippen LogP contribution >= 0.6 is 0 Å². The molecule has 1 fully saturated rings. The summed E-state index contributed by atoms with van der Waals surface area (Å²) in [7, 11) is 0. The van der Waals surface area contributed by atoms with Gasteiger partial charge in [-0.05, 0) is 42.5 Å². The molecule has 0 saturated carbocycles. The van der Waals surface area contributed by atoms with Crippen LogP contribution in [0, 0.1) is 11.6 Å². The monoisotopic (exact) mass is 434 g/mol. The highest BCUT2D eigenvalue weighted by Gasteiger charge is 2.16. The van der Waals surface area contributed by atoms with Crippen LogP contribution < -0.4 is 10.2 Å². The first-order chi connectivity index (χ1) is 15.7. The third-order valence-electron chi connectivity index (χ3n) is 5.20. The maximum absolute atomic E-state index is 14.6. The Morgan fingerprint density at radius 3 is 2.53 bits per heavy atom. The predicted octanol–water partition coefficient (Wildman–Crippen LogP) is 4.19. The van der Waals surface area contributed by atoms with E-state index in [0.717, 1.165) is 17.6 Å². The van der Waals surface area contributed by atoms with Crippen LogP contribution in [0.5, 0.6) is 0 Å². The van der Waals surface area contributed by atoms with Crippen molar-refractivity contribution in [2.45, 2.75) is 0 Å². The van der Waals surface area contributed by atoms with E-state index in [0.29, 0.717) is 37.6 Å². The number of aromatic nitrogens is 4. The molecule has 1 N–H and O–H groups in total. The second kappa shape index (κ2) is 8.72. The lowest BCUT2D eigenvalue weighted by atomic mass is 10.1. The van der Waals surface area contributed by atoms with Crippen LogP contribution in [-0.4, -0.2) is 45.8 Å². The summed E-state index contributed by atoms with van der Waals surface area (Å²) in [4.78, 5) is 14.4. The molecule has 162 valence electrons. The van der Waals surface area contributed by atoms with Gasteiger partial charge in [0.05, 0.1) is 25.7 Å². The summed E-state index contributed by atoms with van der Waals surface area (Å²) in [6.45, 7) is 2.44. The molecule has 0 bridgehead atoms. The second-order valence-corrected chi connectivity index (χ2v) is 7.33. The molecule has 2 aromatic heterocycles. The van der Waals surface area contributed by atoms with E-state index in [-0.39, 0.29) is 11.6 Å². The highest BCUT2D eigenvalue weighted by Crippen LogP contribution is 2.28. The van der Waals surface area contributed by atoms with Crippen molar-refractivity contribution in [2.75, 3.05) is 36.5 Å². The topological polar surface area (TPSA) is 68.1 Å². The third-order valence-corrected chi connectivity index (χ3v) is 5.20. The minimum atomic E-state index is -0.621. The summed E-state index contributed by atoms with van der Waals surface area (Å²) < 4.78 is 36.2. The molecule has 1 aliphatic rings. The Balaban J connectivity index is 1.41. The van der Waals surface area contributed by atoms with E-state index >= 15 is 0 Å². The molecule has 4 aromatic rings. The average molecular weight is 434 g/mol. The van der Waals surface area contributed by atoms with Crippen molar-refractivity contribution in [1.82, 2.24) is 19.5 Å². The number of anilines is 3. The number of nitrogens with one attached hydrogen (secondary N) is 1. The lowest BCUT2D eigenvalue weighted by Gasteiger charge is -2.29. The van der Waals surface area contributed by atoms with Crippen molar-refractivity contribution in [3.8, 4) is 16.9 Å². The molecule has 0 unspecified atom stereocenters. The molecule has 7 nitrogen and oxygen atoms in total. The molecule has 2 aromatic carbocycles. The van der Waals surface area contributed by atoms with Crippen LogP contribution in [0.4, 0.5) is 26.1 Å². The quantitative estimate of drug-likeness (QED) is 0.508. The Hall–Kier alpha value is -3.85. The average Bonchev–Trinajstić information content (AvgIpc) is 3.36. The van der Waals surface area contributed by atoms with Gasteiger partial charge in [-0.25, -0.2) is 23.7 Å². The first-order valence-electron chi connectivity index (χ1n) is 10.2. The molecule has 32 heavy (non-hydrogen) atoms. The number of rotatable bonds is 5. The van der Waals surface area contributed by atoms with Crippen LogP contribution in [0.15, 0.2) is 67.4 Å². The maximum atomic E-state index is 14.6. The fourth-order valence-corrected chi connectivity index (χ4v) is 3.60. The van der Waals surface area contributed by atoms with E-state index in [9.17, 15) is 8.78 Å². The summed E-state index contributed by atoms with van der Waals surface area (Å²) >= 11 is 0. The molecule has 5 rings (SSSR count). The number of halogens is 2. The van der Waals surface area contributed by atoms with Crippen LogP contribution in [-0.2, 0) is 4.74 Å². The van der Waals surface area contributed by atoms with Gasteiger partial charge in [0.25, 0.3) is 0 Å². The van der Waals surface area contributed by atoms with Gasteiger partial charge in [-0.15, -0.1) is 0 Å². The maximum Gasteiger partial charge on any atom is 0.227 e. The molecule has 0 spiro atoms. The Bertz CT molecular complexity index is 1210. The van der Waals surface area contributed by atoms with Crippen LogP contribution in [0.2, 0.25) is 0 Å². The molecular weight excluding hydrogens is 414 g/mol. The predicted molar refractivity (Wildman–Crippen MR) is 117 cm³/mol.